The maximum atomic E-state index is 12.8. The Morgan fingerprint density at radius 1 is 1.35 bits per heavy atom. The molecule has 1 aliphatic rings. The number of pyridine rings is 1. The van der Waals surface area contributed by atoms with E-state index in [-0.39, 0.29) is 6.42 Å². The summed E-state index contributed by atoms with van der Waals surface area (Å²) in [5.74, 6) is -0.393. The van der Waals surface area contributed by atoms with E-state index in [0.717, 1.165) is 10.7 Å². The highest BCUT2D eigenvalue weighted by molar-refractivity contribution is 6.31. The molecule has 0 aliphatic carbocycles. The topological polar surface area (TPSA) is 65.8 Å². The molecular formula is C17H16ClN3O2. The van der Waals surface area contributed by atoms with Gasteiger partial charge in [0.15, 0.2) is 5.72 Å². The molecule has 0 saturated heterocycles. The van der Waals surface area contributed by atoms with Gasteiger partial charge in [-0.25, -0.2) is 0 Å². The van der Waals surface area contributed by atoms with Gasteiger partial charge in [0.1, 0.15) is 0 Å². The fraction of sp³-hybridized carbons (Fsp3) is 0.235. The molecule has 3 rings (SSSR count). The van der Waals surface area contributed by atoms with Crippen molar-refractivity contribution in [3.05, 3.63) is 64.9 Å². The van der Waals surface area contributed by atoms with Gasteiger partial charge in [-0.15, -0.1) is 0 Å². The number of nitrogens with zero attached hydrogens (tertiary/aromatic N) is 3. The highest BCUT2D eigenvalue weighted by Crippen LogP contribution is 2.36. The van der Waals surface area contributed by atoms with Gasteiger partial charge in [0, 0.05) is 40.7 Å². The molecule has 2 aromatic rings. The van der Waals surface area contributed by atoms with Gasteiger partial charge >= 0.3 is 0 Å². The van der Waals surface area contributed by atoms with Crippen LogP contribution in [0.1, 0.15) is 35.7 Å². The average Bonchev–Trinajstić information content (AvgIpc) is 2.93. The summed E-state index contributed by atoms with van der Waals surface area (Å²) in [7, 11) is 0. The Kier molecular flexibility index (Phi) is 4.15. The van der Waals surface area contributed by atoms with E-state index >= 15 is 0 Å². The number of hydrogen-bond donors (Lipinski definition) is 1. The molecular weight excluding hydrogens is 314 g/mol. The molecule has 1 unspecified atom stereocenters. The van der Waals surface area contributed by atoms with Crippen LogP contribution in [0.3, 0.4) is 0 Å². The van der Waals surface area contributed by atoms with E-state index in [4.69, 9.17) is 11.6 Å². The number of aliphatic hydroxyl groups is 1. The second kappa shape index (κ2) is 6.10. The molecule has 118 valence electrons. The SMILES string of the molecule is CCC1=NN(C(=O)c2cccc(Cl)c2)C(O)(c2ccncc2)C1. The summed E-state index contributed by atoms with van der Waals surface area (Å²) in [6.07, 6.45) is 4.10. The van der Waals surface area contributed by atoms with Gasteiger partial charge in [-0.1, -0.05) is 24.6 Å². The third-order valence-corrected chi connectivity index (χ3v) is 4.09. The van der Waals surface area contributed by atoms with Crippen LogP contribution in [0.2, 0.25) is 5.02 Å². The Balaban J connectivity index is 2.03. The lowest BCUT2D eigenvalue weighted by Crippen LogP contribution is -2.43. The van der Waals surface area contributed by atoms with Crippen LogP contribution in [0.25, 0.3) is 0 Å². The van der Waals surface area contributed by atoms with Crippen molar-refractivity contribution in [2.45, 2.75) is 25.5 Å². The van der Waals surface area contributed by atoms with Crippen LogP contribution in [-0.2, 0) is 5.72 Å². The third-order valence-electron chi connectivity index (χ3n) is 3.86. The second-order valence-corrected chi connectivity index (χ2v) is 5.81. The molecule has 1 aliphatic heterocycles. The van der Waals surface area contributed by atoms with Gasteiger partial charge in [0.05, 0.1) is 0 Å². The highest BCUT2D eigenvalue weighted by Gasteiger charge is 2.45. The molecule has 23 heavy (non-hydrogen) atoms. The molecule has 5 nitrogen and oxygen atoms in total. The number of hydrazone groups is 1. The van der Waals surface area contributed by atoms with Crippen molar-refractivity contribution in [1.82, 2.24) is 9.99 Å². The Labute approximate surface area is 139 Å². The van der Waals surface area contributed by atoms with Crippen LogP contribution in [0.5, 0.6) is 0 Å². The lowest BCUT2D eigenvalue weighted by atomic mass is 9.97. The average molecular weight is 330 g/mol. The molecule has 0 spiro atoms. The minimum atomic E-state index is -1.51. The van der Waals surface area contributed by atoms with E-state index in [9.17, 15) is 9.90 Å². The van der Waals surface area contributed by atoms with Crippen LogP contribution >= 0.6 is 11.6 Å². The highest BCUT2D eigenvalue weighted by atomic mass is 35.5. The minimum Gasteiger partial charge on any atom is -0.365 e. The van der Waals surface area contributed by atoms with Crippen LogP contribution < -0.4 is 0 Å². The molecule has 0 bridgehead atoms. The molecule has 2 heterocycles. The Morgan fingerprint density at radius 2 is 2.09 bits per heavy atom. The lowest BCUT2D eigenvalue weighted by molar-refractivity contribution is -0.0766. The van der Waals surface area contributed by atoms with Crippen molar-refractivity contribution in [2.75, 3.05) is 0 Å². The van der Waals surface area contributed by atoms with E-state index in [1.807, 2.05) is 6.92 Å². The largest absolute Gasteiger partial charge is 0.365 e. The zero-order valence-corrected chi connectivity index (χ0v) is 13.4. The van der Waals surface area contributed by atoms with Gasteiger partial charge in [-0.2, -0.15) is 10.1 Å². The van der Waals surface area contributed by atoms with Gasteiger partial charge < -0.3 is 5.11 Å². The maximum absolute atomic E-state index is 12.8. The van der Waals surface area contributed by atoms with Crippen LogP contribution in [-0.4, -0.2) is 26.7 Å². The van der Waals surface area contributed by atoms with E-state index in [1.165, 1.54) is 0 Å². The summed E-state index contributed by atoms with van der Waals surface area (Å²) in [6.45, 7) is 1.94. The minimum absolute atomic E-state index is 0.278. The first-order valence-corrected chi connectivity index (χ1v) is 7.72. The Bertz CT molecular complexity index is 763. The molecule has 0 saturated carbocycles. The summed E-state index contributed by atoms with van der Waals surface area (Å²) < 4.78 is 0. The molecule has 1 aromatic carbocycles. The fourth-order valence-corrected chi connectivity index (χ4v) is 2.81. The lowest BCUT2D eigenvalue weighted by Gasteiger charge is -2.31. The van der Waals surface area contributed by atoms with Crippen molar-refractivity contribution in [1.29, 1.82) is 0 Å². The first kappa shape index (κ1) is 15.6. The molecule has 0 radical (unpaired) electrons. The second-order valence-electron chi connectivity index (χ2n) is 5.38. The number of carbonyl (C=O) groups excluding carboxylic acids is 1. The van der Waals surface area contributed by atoms with Gasteiger partial charge in [0.2, 0.25) is 0 Å². The standard InChI is InChI=1S/C17H16ClN3O2/c1-2-15-11-17(23,13-6-8-19-9-7-13)21(20-15)16(22)12-4-3-5-14(18)10-12/h3-10,23H,2,11H2,1H3. The Hall–Kier alpha value is -2.24. The van der Waals surface area contributed by atoms with E-state index < -0.39 is 11.6 Å². The fourth-order valence-electron chi connectivity index (χ4n) is 2.62. The first-order valence-electron chi connectivity index (χ1n) is 7.34. The van der Waals surface area contributed by atoms with Crippen LogP contribution in [0.15, 0.2) is 53.9 Å². The van der Waals surface area contributed by atoms with Crippen LogP contribution in [0, 0.1) is 0 Å². The van der Waals surface area contributed by atoms with Crippen LogP contribution in [0.4, 0.5) is 0 Å². The number of benzene rings is 1. The van der Waals surface area contributed by atoms with Crippen molar-refractivity contribution < 1.29 is 9.90 Å². The molecule has 1 aromatic heterocycles. The van der Waals surface area contributed by atoms with Crippen molar-refractivity contribution in [3.63, 3.8) is 0 Å². The van der Waals surface area contributed by atoms with Gasteiger partial charge in [-0.05, 0) is 36.8 Å². The number of amides is 1. The monoisotopic (exact) mass is 329 g/mol. The van der Waals surface area contributed by atoms with Gasteiger partial charge in [-0.3, -0.25) is 9.78 Å². The number of carbonyl (C=O) groups is 1. The summed E-state index contributed by atoms with van der Waals surface area (Å²) in [6, 6.07) is 9.98. The number of hydrogen-bond acceptors (Lipinski definition) is 4. The first-order chi connectivity index (χ1) is 11.0. The van der Waals surface area contributed by atoms with E-state index in [1.54, 1.807) is 48.8 Å². The molecule has 1 atom stereocenters. The molecule has 6 heteroatoms. The summed E-state index contributed by atoms with van der Waals surface area (Å²) in [4.78, 5) is 16.8. The predicted molar refractivity (Wildman–Crippen MR) is 88.1 cm³/mol. The van der Waals surface area contributed by atoms with Gasteiger partial charge in [0.25, 0.3) is 5.91 Å². The number of rotatable bonds is 3. The third kappa shape index (κ3) is 2.85. The summed E-state index contributed by atoms with van der Waals surface area (Å²) >= 11 is 5.96. The molecule has 1 N–H and O–H groups in total. The Morgan fingerprint density at radius 3 is 2.74 bits per heavy atom. The summed E-state index contributed by atoms with van der Waals surface area (Å²) in [5, 5.41) is 17.1. The quantitative estimate of drug-likeness (QED) is 0.940. The van der Waals surface area contributed by atoms with E-state index in [2.05, 4.69) is 10.1 Å². The van der Waals surface area contributed by atoms with E-state index in [0.29, 0.717) is 22.6 Å². The van der Waals surface area contributed by atoms with Crippen molar-refractivity contribution >= 4 is 23.2 Å². The molecule has 0 fully saturated rings. The number of halogens is 1. The zero-order valence-electron chi connectivity index (χ0n) is 12.6. The molecule has 1 amide bonds. The maximum Gasteiger partial charge on any atom is 0.276 e. The predicted octanol–water partition coefficient (Wildman–Crippen LogP) is 3.19. The number of aromatic nitrogens is 1. The smallest absolute Gasteiger partial charge is 0.276 e. The zero-order chi connectivity index (χ0) is 16.4. The van der Waals surface area contributed by atoms with Crippen molar-refractivity contribution in [2.24, 2.45) is 5.10 Å². The van der Waals surface area contributed by atoms with Crippen molar-refractivity contribution in [3.8, 4) is 0 Å². The summed E-state index contributed by atoms with van der Waals surface area (Å²) in [5.41, 5.74) is 0.217. The normalized spacial score (nSPS) is 20.5.